The molecule has 2 aromatic rings. The fraction of sp³-hybridized carbons (Fsp3) is 0.0909. The molecule has 0 amide bonds. The molecule has 82 valence electrons. The second-order valence-electron chi connectivity index (χ2n) is 3.22. The average molecular weight is 218 g/mol. The molecule has 0 unspecified atom stereocenters. The number of aliphatic hydroxyl groups excluding tert-OH is 1. The summed E-state index contributed by atoms with van der Waals surface area (Å²) >= 11 is 0. The number of hydrogen-bond donors (Lipinski definition) is 2. The first kappa shape index (κ1) is 10.4. The summed E-state index contributed by atoms with van der Waals surface area (Å²) in [7, 11) is 0. The summed E-state index contributed by atoms with van der Waals surface area (Å²) < 4.78 is 1.13. The summed E-state index contributed by atoms with van der Waals surface area (Å²) in [6, 6.07) is 9.83. The highest BCUT2D eigenvalue weighted by molar-refractivity contribution is 5.32. The van der Waals surface area contributed by atoms with E-state index in [-0.39, 0.29) is 11.4 Å². The van der Waals surface area contributed by atoms with Crippen LogP contribution in [0.15, 0.2) is 41.2 Å². The van der Waals surface area contributed by atoms with Crippen molar-refractivity contribution in [3.8, 4) is 11.4 Å². The van der Waals surface area contributed by atoms with Gasteiger partial charge in [-0.1, -0.05) is 18.2 Å². The third-order valence-corrected chi connectivity index (χ3v) is 2.14. The molecule has 2 rings (SSSR count). The van der Waals surface area contributed by atoms with Crippen LogP contribution in [0.25, 0.3) is 5.69 Å². The Morgan fingerprint density at radius 2 is 1.94 bits per heavy atom. The second-order valence-corrected chi connectivity index (χ2v) is 3.22. The molecule has 0 bridgehead atoms. The molecule has 0 spiro atoms. The first-order chi connectivity index (χ1) is 7.72. The first-order valence-corrected chi connectivity index (χ1v) is 4.71. The molecule has 0 aliphatic carbocycles. The molecule has 0 atom stereocenters. The predicted molar refractivity (Wildman–Crippen MR) is 57.4 cm³/mol. The van der Waals surface area contributed by atoms with Crippen molar-refractivity contribution in [2.45, 2.75) is 6.61 Å². The fourth-order valence-electron chi connectivity index (χ4n) is 1.35. The maximum Gasteiger partial charge on any atom is 0.275 e. The number of nitrogens with zero attached hydrogens (tertiary/aromatic N) is 2. The van der Waals surface area contributed by atoms with Gasteiger partial charge in [0.25, 0.3) is 5.56 Å². The Kier molecular flexibility index (Phi) is 2.70. The zero-order valence-electron chi connectivity index (χ0n) is 8.37. The smallest absolute Gasteiger partial charge is 0.275 e. The number of aliphatic hydroxyl groups is 1. The summed E-state index contributed by atoms with van der Waals surface area (Å²) in [5.74, 6) is -0.292. The highest BCUT2D eigenvalue weighted by Gasteiger charge is 2.07. The predicted octanol–water partition coefficient (Wildman–Crippen LogP) is 0.430. The summed E-state index contributed by atoms with van der Waals surface area (Å²) in [5, 5.41) is 22.1. The minimum Gasteiger partial charge on any atom is -0.506 e. The normalized spacial score (nSPS) is 10.3. The number of aromatic hydroxyl groups is 1. The molecular formula is C11H10N2O3. The maximum atomic E-state index is 11.6. The molecule has 1 aromatic carbocycles. The van der Waals surface area contributed by atoms with Gasteiger partial charge in [-0.05, 0) is 12.1 Å². The molecule has 0 saturated carbocycles. The largest absolute Gasteiger partial charge is 0.506 e. The van der Waals surface area contributed by atoms with Crippen molar-refractivity contribution in [3.05, 3.63) is 52.4 Å². The van der Waals surface area contributed by atoms with Gasteiger partial charge in [-0.15, -0.1) is 0 Å². The van der Waals surface area contributed by atoms with Crippen molar-refractivity contribution in [2.75, 3.05) is 0 Å². The molecule has 0 saturated heterocycles. The highest BCUT2D eigenvalue weighted by Crippen LogP contribution is 2.11. The molecule has 0 fully saturated rings. The highest BCUT2D eigenvalue weighted by atomic mass is 16.3. The standard InChI is InChI=1S/C11H10N2O3/c14-7-9-10(15)6-11(16)13(12-9)8-4-2-1-3-5-8/h1-6,14-15H,7H2. The summed E-state index contributed by atoms with van der Waals surface area (Å²) in [4.78, 5) is 11.6. The Bertz CT molecular complexity index is 549. The summed E-state index contributed by atoms with van der Waals surface area (Å²) in [6.07, 6.45) is 0. The molecule has 2 N–H and O–H groups in total. The minimum absolute atomic E-state index is 0.0726. The van der Waals surface area contributed by atoms with Crippen LogP contribution in [0.2, 0.25) is 0 Å². The van der Waals surface area contributed by atoms with Crippen molar-refractivity contribution in [2.24, 2.45) is 0 Å². The van der Waals surface area contributed by atoms with E-state index in [0.29, 0.717) is 5.69 Å². The molecular weight excluding hydrogens is 208 g/mol. The van der Waals surface area contributed by atoms with E-state index in [1.807, 2.05) is 6.07 Å². The van der Waals surface area contributed by atoms with Crippen molar-refractivity contribution >= 4 is 0 Å². The van der Waals surface area contributed by atoms with Gasteiger partial charge >= 0.3 is 0 Å². The Hall–Kier alpha value is -2.14. The molecule has 0 aliphatic rings. The number of hydrogen-bond acceptors (Lipinski definition) is 4. The van der Waals surface area contributed by atoms with Gasteiger partial charge < -0.3 is 10.2 Å². The zero-order valence-corrected chi connectivity index (χ0v) is 8.37. The number of benzene rings is 1. The van der Waals surface area contributed by atoms with Crippen LogP contribution in [0.4, 0.5) is 0 Å². The Balaban J connectivity index is 2.62. The summed E-state index contributed by atoms with van der Waals surface area (Å²) in [5.41, 5.74) is 0.214. The quantitative estimate of drug-likeness (QED) is 0.766. The van der Waals surface area contributed by atoms with Gasteiger partial charge in [0.1, 0.15) is 11.4 Å². The van der Waals surface area contributed by atoms with Gasteiger partial charge in [0, 0.05) is 6.07 Å². The molecule has 0 radical (unpaired) electrons. The zero-order chi connectivity index (χ0) is 11.5. The van der Waals surface area contributed by atoms with E-state index in [9.17, 15) is 9.90 Å². The van der Waals surface area contributed by atoms with Gasteiger partial charge in [0.2, 0.25) is 0 Å². The van der Waals surface area contributed by atoms with Crippen molar-refractivity contribution in [3.63, 3.8) is 0 Å². The lowest BCUT2D eigenvalue weighted by Crippen LogP contribution is -2.21. The van der Waals surface area contributed by atoms with Crippen LogP contribution in [0, 0.1) is 0 Å². The van der Waals surface area contributed by atoms with Gasteiger partial charge in [-0.2, -0.15) is 9.78 Å². The Morgan fingerprint density at radius 1 is 1.25 bits per heavy atom. The lowest BCUT2D eigenvalue weighted by Gasteiger charge is -2.06. The summed E-state index contributed by atoms with van der Waals surface area (Å²) in [6.45, 7) is -0.418. The molecule has 1 aromatic heterocycles. The first-order valence-electron chi connectivity index (χ1n) is 4.71. The van der Waals surface area contributed by atoms with Crippen LogP contribution < -0.4 is 5.56 Å². The third-order valence-electron chi connectivity index (χ3n) is 2.14. The monoisotopic (exact) mass is 218 g/mol. The molecule has 0 aliphatic heterocycles. The molecule has 16 heavy (non-hydrogen) atoms. The fourth-order valence-corrected chi connectivity index (χ4v) is 1.35. The number of rotatable bonds is 2. The van der Waals surface area contributed by atoms with E-state index in [4.69, 9.17) is 5.11 Å². The van der Waals surface area contributed by atoms with Gasteiger partial charge in [0.15, 0.2) is 0 Å². The van der Waals surface area contributed by atoms with Gasteiger partial charge in [0.05, 0.1) is 12.3 Å². The van der Waals surface area contributed by atoms with Gasteiger partial charge in [-0.3, -0.25) is 4.79 Å². The SMILES string of the molecule is O=c1cc(O)c(CO)nn1-c1ccccc1. The maximum absolute atomic E-state index is 11.6. The topological polar surface area (TPSA) is 75.3 Å². The number of aromatic nitrogens is 2. The molecule has 5 nitrogen and oxygen atoms in total. The van der Waals surface area contributed by atoms with Crippen molar-refractivity contribution in [1.82, 2.24) is 9.78 Å². The van der Waals surface area contributed by atoms with E-state index in [2.05, 4.69) is 5.10 Å². The Labute approximate surface area is 91.2 Å². The van der Waals surface area contributed by atoms with Crippen molar-refractivity contribution < 1.29 is 10.2 Å². The van der Waals surface area contributed by atoms with E-state index < -0.39 is 12.2 Å². The van der Waals surface area contributed by atoms with Gasteiger partial charge in [-0.25, -0.2) is 0 Å². The molecule has 1 heterocycles. The van der Waals surface area contributed by atoms with Crippen LogP contribution in [0.3, 0.4) is 0 Å². The average Bonchev–Trinajstić information content (AvgIpc) is 2.30. The minimum atomic E-state index is -0.444. The van der Waals surface area contributed by atoms with E-state index in [0.717, 1.165) is 10.7 Å². The lowest BCUT2D eigenvalue weighted by molar-refractivity contribution is 0.266. The van der Waals surface area contributed by atoms with Crippen LogP contribution in [-0.2, 0) is 6.61 Å². The van der Waals surface area contributed by atoms with Crippen LogP contribution in [-0.4, -0.2) is 20.0 Å². The van der Waals surface area contributed by atoms with E-state index in [1.165, 1.54) is 0 Å². The van der Waals surface area contributed by atoms with E-state index in [1.54, 1.807) is 24.3 Å². The Morgan fingerprint density at radius 3 is 2.56 bits per heavy atom. The number of para-hydroxylation sites is 1. The third kappa shape index (κ3) is 1.80. The van der Waals surface area contributed by atoms with Crippen molar-refractivity contribution in [1.29, 1.82) is 0 Å². The second kappa shape index (κ2) is 4.16. The molecule has 5 heteroatoms. The van der Waals surface area contributed by atoms with Crippen LogP contribution in [0.1, 0.15) is 5.69 Å². The van der Waals surface area contributed by atoms with Crippen LogP contribution in [0.5, 0.6) is 5.75 Å². The van der Waals surface area contributed by atoms with E-state index >= 15 is 0 Å². The lowest BCUT2D eigenvalue weighted by atomic mass is 10.3. The van der Waals surface area contributed by atoms with Crippen LogP contribution >= 0.6 is 0 Å².